The van der Waals surface area contributed by atoms with E-state index in [4.69, 9.17) is 0 Å². The third kappa shape index (κ3) is 3.35. The smallest absolute Gasteiger partial charge is 0.323 e. The molecule has 0 aromatic heterocycles. The van der Waals surface area contributed by atoms with E-state index in [2.05, 4.69) is 5.32 Å². The molecule has 1 heterocycles. The maximum atomic E-state index is 13.8. The molecule has 0 bridgehead atoms. The SMILES string of the molecule is CC(C(=O)Nc1cc(C(F)(F)F)ccc1F)N1C(=O)NC2(CCCC2)C1=O. The van der Waals surface area contributed by atoms with Crippen LogP contribution in [0.3, 0.4) is 0 Å². The Morgan fingerprint density at radius 2 is 1.89 bits per heavy atom. The highest BCUT2D eigenvalue weighted by Gasteiger charge is 2.54. The topological polar surface area (TPSA) is 78.5 Å². The number of nitrogens with zero attached hydrogens (tertiary/aromatic N) is 1. The second-order valence-corrected chi connectivity index (χ2v) is 6.75. The van der Waals surface area contributed by atoms with Crippen molar-refractivity contribution in [1.29, 1.82) is 0 Å². The van der Waals surface area contributed by atoms with Crippen LogP contribution < -0.4 is 10.6 Å². The Kier molecular flexibility index (Phi) is 4.61. The van der Waals surface area contributed by atoms with E-state index in [-0.39, 0.29) is 0 Å². The van der Waals surface area contributed by atoms with Gasteiger partial charge in [0.2, 0.25) is 5.91 Å². The van der Waals surface area contributed by atoms with Crippen molar-refractivity contribution in [2.45, 2.75) is 50.4 Å². The Morgan fingerprint density at radius 1 is 1.26 bits per heavy atom. The highest BCUT2D eigenvalue weighted by Crippen LogP contribution is 2.36. The molecule has 1 atom stereocenters. The molecule has 0 radical (unpaired) electrons. The van der Waals surface area contributed by atoms with Crippen LogP contribution in [-0.2, 0) is 15.8 Å². The number of imide groups is 1. The molecule has 6 nitrogen and oxygen atoms in total. The number of carbonyl (C=O) groups is 3. The predicted octanol–water partition coefficient (Wildman–Crippen LogP) is 3.04. The van der Waals surface area contributed by atoms with Crippen LogP contribution in [0.1, 0.15) is 38.2 Å². The summed E-state index contributed by atoms with van der Waals surface area (Å²) in [4.78, 5) is 37.9. The molecule has 10 heteroatoms. The van der Waals surface area contributed by atoms with Crippen molar-refractivity contribution >= 4 is 23.5 Å². The predicted molar refractivity (Wildman–Crippen MR) is 86.1 cm³/mol. The van der Waals surface area contributed by atoms with Crippen molar-refractivity contribution in [2.75, 3.05) is 5.32 Å². The van der Waals surface area contributed by atoms with Gasteiger partial charge in [-0.25, -0.2) is 14.1 Å². The van der Waals surface area contributed by atoms with Crippen molar-refractivity contribution in [1.82, 2.24) is 10.2 Å². The Morgan fingerprint density at radius 3 is 2.48 bits per heavy atom. The van der Waals surface area contributed by atoms with Crippen molar-refractivity contribution < 1.29 is 31.9 Å². The van der Waals surface area contributed by atoms with Gasteiger partial charge in [-0.2, -0.15) is 13.2 Å². The zero-order valence-electron chi connectivity index (χ0n) is 14.3. The summed E-state index contributed by atoms with van der Waals surface area (Å²) in [6.07, 6.45) is -2.26. The molecule has 1 aromatic rings. The fourth-order valence-electron chi connectivity index (χ4n) is 3.46. The summed E-state index contributed by atoms with van der Waals surface area (Å²) in [7, 11) is 0. The number of alkyl halides is 3. The first-order valence-electron chi connectivity index (χ1n) is 8.38. The summed E-state index contributed by atoms with van der Waals surface area (Å²) in [5.41, 5.74) is -2.83. The van der Waals surface area contributed by atoms with Crippen molar-refractivity contribution in [3.05, 3.63) is 29.6 Å². The van der Waals surface area contributed by atoms with Gasteiger partial charge in [-0.3, -0.25) is 9.59 Å². The van der Waals surface area contributed by atoms with Crippen LogP contribution in [0.2, 0.25) is 0 Å². The van der Waals surface area contributed by atoms with Gasteiger partial charge >= 0.3 is 12.2 Å². The van der Waals surface area contributed by atoms with Gasteiger partial charge in [0.25, 0.3) is 5.91 Å². The molecule has 1 unspecified atom stereocenters. The van der Waals surface area contributed by atoms with Crippen LogP contribution >= 0.6 is 0 Å². The minimum absolute atomic E-state index is 0.463. The largest absolute Gasteiger partial charge is 0.416 e. The number of hydrogen-bond donors (Lipinski definition) is 2. The van der Waals surface area contributed by atoms with Crippen molar-refractivity contribution in [2.24, 2.45) is 0 Å². The standard InChI is InChI=1S/C17H17F4N3O3/c1-9(24-14(26)16(23-15(24)27)6-2-3-7-16)13(25)22-12-8-10(17(19,20)21)4-5-11(12)18/h4-5,8-9H,2-3,6-7H2,1H3,(H,22,25)(H,23,27). The van der Waals surface area contributed by atoms with Gasteiger partial charge in [-0.05, 0) is 38.0 Å². The second-order valence-electron chi connectivity index (χ2n) is 6.75. The normalized spacial score (nSPS) is 20.1. The molecule has 1 spiro atoms. The molecular formula is C17H17F4N3O3. The van der Waals surface area contributed by atoms with Crippen LogP contribution in [0.4, 0.5) is 28.0 Å². The molecule has 3 rings (SSSR count). The van der Waals surface area contributed by atoms with Crippen LogP contribution in [0.5, 0.6) is 0 Å². The molecule has 27 heavy (non-hydrogen) atoms. The number of halogens is 4. The summed E-state index contributed by atoms with van der Waals surface area (Å²) in [5.74, 6) is -2.57. The van der Waals surface area contributed by atoms with Gasteiger partial charge in [0.15, 0.2) is 0 Å². The van der Waals surface area contributed by atoms with Gasteiger partial charge in [0.1, 0.15) is 17.4 Å². The molecule has 1 aromatic carbocycles. The van der Waals surface area contributed by atoms with Crippen LogP contribution in [-0.4, -0.2) is 34.3 Å². The summed E-state index contributed by atoms with van der Waals surface area (Å²) in [6.45, 7) is 1.26. The molecule has 4 amide bonds. The van der Waals surface area contributed by atoms with E-state index in [1.54, 1.807) is 0 Å². The molecule has 2 N–H and O–H groups in total. The van der Waals surface area contributed by atoms with Gasteiger partial charge in [0.05, 0.1) is 11.3 Å². The quantitative estimate of drug-likeness (QED) is 0.618. The number of amides is 4. The van der Waals surface area contributed by atoms with Crippen molar-refractivity contribution in [3.63, 3.8) is 0 Å². The molecule has 1 aliphatic carbocycles. The van der Waals surface area contributed by atoms with E-state index >= 15 is 0 Å². The lowest BCUT2D eigenvalue weighted by Crippen LogP contribution is -2.48. The van der Waals surface area contributed by atoms with E-state index in [0.29, 0.717) is 31.0 Å². The zero-order chi connectivity index (χ0) is 20.0. The van der Waals surface area contributed by atoms with Gasteiger partial charge < -0.3 is 10.6 Å². The number of anilines is 1. The summed E-state index contributed by atoms with van der Waals surface area (Å²) in [6, 6.07) is -0.454. The lowest BCUT2D eigenvalue weighted by atomic mass is 9.97. The number of carbonyl (C=O) groups excluding carboxylic acids is 3. The van der Waals surface area contributed by atoms with E-state index in [1.165, 1.54) is 6.92 Å². The number of hydrogen-bond acceptors (Lipinski definition) is 3. The first-order chi connectivity index (χ1) is 12.5. The summed E-state index contributed by atoms with van der Waals surface area (Å²) >= 11 is 0. The first kappa shape index (κ1) is 19.1. The van der Waals surface area contributed by atoms with E-state index in [1.807, 2.05) is 5.32 Å². The monoisotopic (exact) mass is 387 g/mol. The fraction of sp³-hybridized carbons (Fsp3) is 0.471. The Labute approximate surface area is 151 Å². The maximum absolute atomic E-state index is 13.8. The molecule has 1 saturated heterocycles. The number of urea groups is 1. The highest BCUT2D eigenvalue weighted by molar-refractivity contribution is 6.11. The number of nitrogens with one attached hydrogen (secondary N) is 2. The van der Waals surface area contributed by atoms with Gasteiger partial charge in [-0.15, -0.1) is 0 Å². The Hall–Kier alpha value is -2.65. The molecule has 146 valence electrons. The lowest BCUT2D eigenvalue weighted by molar-refractivity contribution is -0.137. The maximum Gasteiger partial charge on any atom is 0.416 e. The first-order valence-corrected chi connectivity index (χ1v) is 8.38. The summed E-state index contributed by atoms with van der Waals surface area (Å²) in [5, 5.41) is 4.64. The number of benzene rings is 1. The van der Waals surface area contributed by atoms with Crippen LogP contribution in [0.15, 0.2) is 18.2 Å². The van der Waals surface area contributed by atoms with Gasteiger partial charge in [0, 0.05) is 0 Å². The molecule has 2 aliphatic rings. The second kappa shape index (κ2) is 6.50. The van der Waals surface area contributed by atoms with Crippen molar-refractivity contribution in [3.8, 4) is 0 Å². The Balaban J connectivity index is 1.79. The van der Waals surface area contributed by atoms with E-state index in [0.717, 1.165) is 17.7 Å². The fourth-order valence-corrected chi connectivity index (χ4v) is 3.46. The molecule has 1 aliphatic heterocycles. The minimum Gasteiger partial charge on any atom is -0.323 e. The Bertz CT molecular complexity index is 803. The summed E-state index contributed by atoms with van der Waals surface area (Å²) < 4.78 is 52.1. The van der Waals surface area contributed by atoms with E-state index < -0.39 is 52.7 Å². The lowest BCUT2D eigenvalue weighted by Gasteiger charge is -2.23. The molecule has 1 saturated carbocycles. The zero-order valence-corrected chi connectivity index (χ0v) is 14.3. The third-order valence-corrected chi connectivity index (χ3v) is 4.97. The average molecular weight is 387 g/mol. The van der Waals surface area contributed by atoms with Crippen LogP contribution in [0.25, 0.3) is 0 Å². The number of rotatable bonds is 3. The average Bonchev–Trinajstić information content (AvgIpc) is 3.13. The third-order valence-electron chi connectivity index (χ3n) is 4.97. The van der Waals surface area contributed by atoms with Crippen LogP contribution in [0, 0.1) is 5.82 Å². The van der Waals surface area contributed by atoms with E-state index in [9.17, 15) is 31.9 Å². The molecular weight excluding hydrogens is 370 g/mol. The minimum atomic E-state index is -4.71. The van der Waals surface area contributed by atoms with Gasteiger partial charge in [-0.1, -0.05) is 12.8 Å². The molecule has 2 fully saturated rings. The highest BCUT2D eigenvalue weighted by atomic mass is 19.4.